The molecule has 0 amide bonds. The molecule has 0 aliphatic rings. The highest BCUT2D eigenvalue weighted by Gasteiger charge is 2.14. The van der Waals surface area contributed by atoms with Gasteiger partial charge in [0, 0.05) is 5.25 Å². The Balaban J connectivity index is 2.82. The van der Waals surface area contributed by atoms with Gasteiger partial charge in [-0.05, 0) is 6.92 Å². The first-order chi connectivity index (χ1) is 6.52. The van der Waals surface area contributed by atoms with E-state index in [9.17, 15) is 5.11 Å². The Morgan fingerprint density at radius 1 is 1.50 bits per heavy atom. The second kappa shape index (κ2) is 4.82. The molecule has 2 atom stereocenters. The van der Waals surface area contributed by atoms with E-state index < -0.39 is 6.10 Å². The molecule has 1 aromatic heterocycles. The number of rotatable bonds is 3. The number of aliphatic hydroxyl groups excluding tert-OH is 1. The van der Waals surface area contributed by atoms with Crippen molar-refractivity contribution in [3.05, 3.63) is 11.5 Å². The van der Waals surface area contributed by atoms with Crippen LogP contribution in [0.5, 0.6) is 0 Å². The van der Waals surface area contributed by atoms with Crippen molar-refractivity contribution in [2.45, 2.75) is 30.2 Å². The van der Waals surface area contributed by atoms with Gasteiger partial charge in [0.2, 0.25) is 0 Å². The fourth-order valence-corrected chi connectivity index (χ4v) is 1.80. The fourth-order valence-electron chi connectivity index (χ4n) is 0.728. The Kier molecular flexibility index (Phi) is 3.97. The quantitative estimate of drug-likeness (QED) is 0.613. The molecule has 1 aromatic rings. The van der Waals surface area contributed by atoms with E-state index in [-0.39, 0.29) is 10.4 Å². The number of nitrogens with zero attached hydrogens (tertiary/aromatic N) is 2. The van der Waals surface area contributed by atoms with Crippen molar-refractivity contribution in [3.8, 4) is 0 Å². The van der Waals surface area contributed by atoms with Gasteiger partial charge in [0.05, 0.1) is 6.10 Å². The van der Waals surface area contributed by atoms with Crippen molar-refractivity contribution in [2.75, 3.05) is 5.73 Å². The van der Waals surface area contributed by atoms with Crippen LogP contribution in [0.15, 0.2) is 11.4 Å². The summed E-state index contributed by atoms with van der Waals surface area (Å²) in [6.45, 7) is 3.61. The Bertz CT molecular complexity index is 321. The molecule has 0 bridgehead atoms. The van der Waals surface area contributed by atoms with Gasteiger partial charge in [-0.15, -0.1) is 0 Å². The number of nitrogen functional groups attached to an aromatic ring is 1. The molecule has 0 aromatic carbocycles. The number of hydrogen-bond donors (Lipinski definition) is 2. The Hall–Kier alpha value is -0.520. The molecule has 0 saturated heterocycles. The highest BCUT2D eigenvalue weighted by molar-refractivity contribution is 8.00. The van der Waals surface area contributed by atoms with Crippen LogP contribution in [-0.2, 0) is 0 Å². The average molecular weight is 234 g/mol. The largest absolute Gasteiger partial charge is 0.394 e. The molecule has 3 N–H and O–H groups in total. The van der Waals surface area contributed by atoms with E-state index in [4.69, 9.17) is 17.3 Å². The van der Waals surface area contributed by atoms with Crippen LogP contribution in [0.1, 0.15) is 13.8 Å². The molecule has 0 radical (unpaired) electrons. The van der Waals surface area contributed by atoms with Gasteiger partial charge in [-0.3, -0.25) is 0 Å². The molecule has 6 heteroatoms. The van der Waals surface area contributed by atoms with Crippen LogP contribution in [0.4, 0.5) is 5.69 Å². The maximum Gasteiger partial charge on any atom is 0.156 e. The smallest absolute Gasteiger partial charge is 0.156 e. The lowest BCUT2D eigenvalue weighted by atomic mass is 10.3. The van der Waals surface area contributed by atoms with Crippen LogP contribution in [0.25, 0.3) is 0 Å². The van der Waals surface area contributed by atoms with E-state index in [1.54, 1.807) is 6.92 Å². The van der Waals surface area contributed by atoms with Gasteiger partial charge >= 0.3 is 0 Å². The molecule has 2 unspecified atom stereocenters. The number of hydrogen-bond acceptors (Lipinski definition) is 5. The second-order valence-electron chi connectivity index (χ2n) is 2.95. The lowest BCUT2D eigenvalue weighted by Crippen LogP contribution is -2.15. The zero-order valence-electron chi connectivity index (χ0n) is 7.94. The van der Waals surface area contributed by atoms with Crippen LogP contribution >= 0.6 is 23.4 Å². The highest BCUT2D eigenvalue weighted by Crippen LogP contribution is 2.30. The molecule has 0 fully saturated rings. The fraction of sp³-hybridized carbons (Fsp3) is 0.500. The van der Waals surface area contributed by atoms with Crippen LogP contribution in [0.3, 0.4) is 0 Å². The van der Waals surface area contributed by atoms with Crippen LogP contribution in [0, 0.1) is 0 Å². The third-order valence-electron chi connectivity index (χ3n) is 1.78. The highest BCUT2D eigenvalue weighted by atomic mass is 35.5. The molecular weight excluding hydrogens is 222 g/mol. The van der Waals surface area contributed by atoms with Crippen molar-refractivity contribution >= 4 is 29.1 Å². The minimum Gasteiger partial charge on any atom is -0.394 e. The van der Waals surface area contributed by atoms with E-state index in [1.165, 1.54) is 18.1 Å². The maximum absolute atomic E-state index is 9.30. The van der Waals surface area contributed by atoms with Gasteiger partial charge in [-0.1, -0.05) is 30.3 Å². The maximum atomic E-state index is 9.30. The summed E-state index contributed by atoms with van der Waals surface area (Å²) in [7, 11) is 0. The minimum atomic E-state index is -0.423. The van der Waals surface area contributed by atoms with Gasteiger partial charge in [0.15, 0.2) is 5.15 Å². The second-order valence-corrected chi connectivity index (χ2v) is 4.67. The third kappa shape index (κ3) is 2.73. The molecule has 0 spiro atoms. The van der Waals surface area contributed by atoms with Gasteiger partial charge in [0.1, 0.15) is 17.0 Å². The summed E-state index contributed by atoms with van der Waals surface area (Å²) >= 11 is 7.11. The number of aromatic nitrogens is 2. The molecule has 4 nitrogen and oxygen atoms in total. The molecule has 1 heterocycles. The summed E-state index contributed by atoms with van der Waals surface area (Å²) in [5.41, 5.74) is 6.04. The number of nitrogens with two attached hydrogens (primary N) is 1. The summed E-state index contributed by atoms with van der Waals surface area (Å²) < 4.78 is 0. The number of halogens is 1. The molecule has 0 saturated carbocycles. The summed E-state index contributed by atoms with van der Waals surface area (Å²) in [5.74, 6) is 0. The summed E-state index contributed by atoms with van der Waals surface area (Å²) in [6, 6.07) is 0. The zero-order chi connectivity index (χ0) is 10.7. The molecule has 0 aliphatic carbocycles. The number of thioether (sulfide) groups is 1. The van der Waals surface area contributed by atoms with Crippen molar-refractivity contribution in [3.63, 3.8) is 0 Å². The van der Waals surface area contributed by atoms with Gasteiger partial charge in [-0.25, -0.2) is 9.97 Å². The monoisotopic (exact) mass is 233 g/mol. The summed E-state index contributed by atoms with van der Waals surface area (Å²) in [4.78, 5) is 7.74. The summed E-state index contributed by atoms with van der Waals surface area (Å²) in [5, 5.41) is 10.2. The molecule has 14 heavy (non-hydrogen) atoms. The lowest BCUT2D eigenvalue weighted by Gasteiger charge is -2.14. The van der Waals surface area contributed by atoms with Gasteiger partial charge < -0.3 is 10.8 Å². The summed E-state index contributed by atoms with van der Waals surface area (Å²) in [6.07, 6.45) is 0.934. The van der Waals surface area contributed by atoms with E-state index in [0.29, 0.717) is 10.7 Å². The first kappa shape index (κ1) is 11.6. The van der Waals surface area contributed by atoms with Crippen molar-refractivity contribution in [1.29, 1.82) is 0 Å². The predicted molar refractivity (Wildman–Crippen MR) is 58.5 cm³/mol. The minimum absolute atomic E-state index is 0.0169. The molecule has 0 aliphatic heterocycles. The number of aliphatic hydroxyl groups is 1. The Morgan fingerprint density at radius 2 is 2.14 bits per heavy atom. The zero-order valence-corrected chi connectivity index (χ0v) is 9.51. The van der Waals surface area contributed by atoms with Crippen molar-refractivity contribution in [2.24, 2.45) is 0 Å². The molecule has 78 valence electrons. The standard InChI is InChI=1S/C8H12ClN3OS/c1-4(13)5(2)14-8-6(10)7(9)11-3-12-8/h3-5,13H,10H2,1-2H3. The van der Waals surface area contributed by atoms with E-state index in [0.717, 1.165) is 0 Å². The van der Waals surface area contributed by atoms with E-state index in [1.807, 2.05) is 6.92 Å². The Labute approximate surface area is 91.9 Å². The normalized spacial score (nSPS) is 15.1. The lowest BCUT2D eigenvalue weighted by molar-refractivity contribution is 0.196. The topological polar surface area (TPSA) is 72.0 Å². The van der Waals surface area contributed by atoms with E-state index in [2.05, 4.69) is 9.97 Å². The van der Waals surface area contributed by atoms with Gasteiger partial charge in [-0.2, -0.15) is 0 Å². The SMILES string of the molecule is CC(O)C(C)Sc1ncnc(Cl)c1N. The first-order valence-corrected chi connectivity index (χ1v) is 5.38. The van der Waals surface area contributed by atoms with Crippen LogP contribution in [-0.4, -0.2) is 26.4 Å². The first-order valence-electron chi connectivity index (χ1n) is 4.13. The Morgan fingerprint density at radius 3 is 2.71 bits per heavy atom. The van der Waals surface area contributed by atoms with E-state index >= 15 is 0 Å². The van der Waals surface area contributed by atoms with Crippen molar-refractivity contribution in [1.82, 2.24) is 9.97 Å². The van der Waals surface area contributed by atoms with Crippen LogP contribution < -0.4 is 5.73 Å². The van der Waals surface area contributed by atoms with Crippen LogP contribution in [0.2, 0.25) is 5.15 Å². The molecule has 1 rings (SSSR count). The average Bonchev–Trinajstić information content (AvgIpc) is 2.12. The molecular formula is C8H12ClN3OS. The predicted octanol–water partition coefficient (Wildman–Crippen LogP) is 1.57. The van der Waals surface area contributed by atoms with Crippen molar-refractivity contribution < 1.29 is 5.11 Å². The van der Waals surface area contributed by atoms with Gasteiger partial charge in [0.25, 0.3) is 0 Å². The third-order valence-corrected chi connectivity index (χ3v) is 3.39. The number of anilines is 1.